The van der Waals surface area contributed by atoms with Gasteiger partial charge in [0.2, 0.25) is 0 Å². The standard InChI is InChI=1S/C13H17ClN4O2S/c1-9(2)6-18-13(16-8-17-18)7-21(19,20)12-4-3-10(15)5-11(12)14/h3-5,8-9H,6-7,15H2,1-2H3. The van der Waals surface area contributed by atoms with Crippen molar-refractivity contribution in [2.45, 2.75) is 31.0 Å². The first kappa shape index (κ1) is 15.8. The molecule has 1 aromatic carbocycles. The zero-order chi connectivity index (χ0) is 15.6. The van der Waals surface area contributed by atoms with E-state index in [1.165, 1.54) is 24.5 Å². The molecule has 0 spiro atoms. The van der Waals surface area contributed by atoms with Crippen molar-refractivity contribution in [1.82, 2.24) is 14.8 Å². The van der Waals surface area contributed by atoms with Crippen LogP contribution in [0.2, 0.25) is 5.02 Å². The molecule has 0 amide bonds. The van der Waals surface area contributed by atoms with Crippen LogP contribution in [-0.2, 0) is 22.1 Å². The quantitative estimate of drug-likeness (QED) is 0.849. The second-order valence-electron chi connectivity index (χ2n) is 5.20. The van der Waals surface area contributed by atoms with Gasteiger partial charge in [0.1, 0.15) is 17.9 Å². The fourth-order valence-corrected chi connectivity index (χ4v) is 3.81. The highest BCUT2D eigenvalue weighted by molar-refractivity contribution is 7.90. The van der Waals surface area contributed by atoms with Crippen LogP contribution in [-0.4, -0.2) is 23.2 Å². The Labute approximate surface area is 128 Å². The van der Waals surface area contributed by atoms with Crippen molar-refractivity contribution in [3.63, 3.8) is 0 Å². The Kier molecular flexibility index (Phi) is 4.53. The second kappa shape index (κ2) is 6.03. The SMILES string of the molecule is CC(C)Cn1ncnc1CS(=O)(=O)c1ccc(N)cc1Cl. The van der Waals surface area contributed by atoms with Crippen LogP contribution in [0.5, 0.6) is 0 Å². The summed E-state index contributed by atoms with van der Waals surface area (Å²) < 4.78 is 26.5. The van der Waals surface area contributed by atoms with E-state index >= 15 is 0 Å². The molecule has 1 aromatic heterocycles. The van der Waals surface area contributed by atoms with Crippen LogP contribution in [0.25, 0.3) is 0 Å². The van der Waals surface area contributed by atoms with Crippen molar-refractivity contribution in [1.29, 1.82) is 0 Å². The summed E-state index contributed by atoms with van der Waals surface area (Å²) >= 11 is 5.98. The number of hydrogen-bond donors (Lipinski definition) is 1. The molecule has 0 saturated heterocycles. The molecule has 0 radical (unpaired) electrons. The van der Waals surface area contributed by atoms with E-state index in [0.29, 0.717) is 24.0 Å². The zero-order valence-corrected chi connectivity index (χ0v) is 13.4. The van der Waals surface area contributed by atoms with Crippen LogP contribution in [0.4, 0.5) is 5.69 Å². The van der Waals surface area contributed by atoms with Gasteiger partial charge >= 0.3 is 0 Å². The number of halogens is 1. The molecule has 0 aliphatic carbocycles. The van der Waals surface area contributed by atoms with Crippen molar-refractivity contribution in [2.75, 3.05) is 5.73 Å². The number of anilines is 1. The molecule has 0 bridgehead atoms. The van der Waals surface area contributed by atoms with Crippen molar-refractivity contribution in [2.24, 2.45) is 5.92 Å². The third kappa shape index (κ3) is 3.74. The molecule has 0 saturated carbocycles. The van der Waals surface area contributed by atoms with E-state index in [1.807, 2.05) is 13.8 Å². The van der Waals surface area contributed by atoms with Crippen LogP contribution in [0, 0.1) is 5.92 Å². The van der Waals surface area contributed by atoms with Gasteiger partial charge in [-0.3, -0.25) is 0 Å². The molecule has 2 aromatic rings. The maximum Gasteiger partial charge on any atom is 0.187 e. The Morgan fingerprint density at radius 3 is 2.71 bits per heavy atom. The molecule has 0 atom stereocenters. The highest BCUT2D eigenvalue weighted by Crippen LogP contribution is 2.26. The fraction of sp³-hybridized carbons (Fsp3) is 0.385. The fourth-order valence-electron chi connectivity index (χ4n) is 1.92. The summed E-state index contributed by atoms with van der Waals surface area (Å²) in [6, 6.07) is 4.35. The van der Waals surface area contributed by atoms with E-state index in [9.17, 15) is 8.42 Å². The predicted octanol–water partition coefficient (Wildman–Crippen LogP) is 2.14. The normalized spacial score (nSPS) is 12.0. The van der Waals surface area contributed by atoms with Crippen LogP contribution in [0.3, 0.4) is 0 Å². The largest absolute Gasteiger partial charge is 0.399 e. The Bertz CT molecular complexity index is 740. The van der Waals surface area contributed by atoms with Crippen molar-refractivity contribution >= 4 is 27.1 Å². The Morgan fingerprint density at radius 2 is 2.10 bits per heavy atom. The number of rotatable bonds is 5. The third-order valence-electron chi connectivity index (χ3n) is 2.84. The van der Waals surface area contributed by atoms with Gasteiger partial charge in [-0.05, 0) is 24.1 Å². The second-order valence-corrected chi connectivity index (χ2v) is 7.57. The minimum absolute atomic E-state index is 0.0532. The summed E-state index contributed by atoms with van der Waals surface area (Å²) in [5.74, 6) is 0.494. The summed E-state index contributed by atoms with van der Waals surface area (Å²) in [5.41, 5.74) is 6.00. The molecular weight excluding hydrogens is 312 g/mol. The maximum atomic E-state index is 12.5. The molecule has 8 heteroatoms. The summed E-state index contributed by atoms with van der Waals surface area (Å²) in [5, 5.41) is 4.17. The molecule has 6 nitrogen and oxygen atoms in total. The van der Waals surface area contributed by atoms with Gasteiger partial charge in [-0.15, -0.1) is 0 Å². The van der Waals surface area contributed by atoms with Gasteiger partial charge in [0, 0.05) is 12.2 Å². The van der Waals surface area contributed by atoms with Crippen molar-refractivity contribution < 1.29 is 8.42 Å². The third-order valence-corrected chi connectivity index (χ3v) is 4.93. The van der Waals surface area contributed by atoms with E-state index in [4.69, 9.17) is 17.3 Å². The lowest BCUT2D eigenvalue weighted by atomic mass is 10.2. The summed E-state index contributed by atoms with van der Waals surface area (Å²) in [4.78, 5) is 4.09. The van der Waals surface area contributed by atoms with E-state index in [1.54, 1.807) is 4.68 Å². The van der Waals surface area contributed by atoms with E-state index in [0.717, 1.165) is 0 Å². The molecule has 0 unspecified atom stereocenters. The van der Waals surface area contributed by atoms with E-state index in [-0.39, 0.29) is 15.7 Å². The van der Waals surface area contributed by atoms with Gasteiger partial charge < -0.3 is 5.73 Å². The Morgan fingerprint density at radius 1 is 1.38 bits per heavy atom. The molecule has 114 valence electrons. The summed E-state index contributed by atoms with van der Waals surface area (Å²) in [6.07, 6.45) is 1.36. The molecule has 21 heavy (non-hydrogen) atoms. The average Bonchev–Trinajstić information content (AvgIpc) is 2.74. The number of nitrogens with two attached hydrogens (primary N) is 1. The highest BCUT2D eigenvalue weighted by Gasteiger charge is 2.22. The van der Waals surface area contributed by atoms with Crippen LogP contribution in [0.1, 0.15) is 19.7 Å². The molecule has 2 rings (SSSR count). The van der Waals surface area contributed by atoms with Crippen LogP contribution >= 0.6 is 11.6 Å². The lowest BCUT2D eigenvalue weighted by molar-refractivity contribution is 0.470. The molecule has 0 aliphatic heterocycles. The van der Waals surface area contributed by atoms with Crippen LogP contribution in [0.15, 0.2) is 29.4 Å². The summed E-state index contributed by atoms with van der Waals surface area (Å²) in [6.45, 7) is 4.66. The number of nitrogens with zero attached hydrogens (tertiary/aromatic N) is 3. The topological polar surface area (TPSA) is 90.9 Å². The first-order valence-electron chi connectivity index (χ1n) is 6.44. The van der Waals surface area contributed by atoms with E-state index < -0.39 is 9.84 Å². The average molecular weight is 329 g/mol. The number of hydrogen-bond acceptors (Lipinski definition) is 5. The number of nitrogen functional groups attached to an aromatic ring is 1. The first-order valence-corrected chi connectivity index (χ1v) is 8.47. The monoisotopic (exact) mass is 328 g/mol. The Hall–Kier alpha value is -1.60. The molecular formula is C13H17ClN4O2S. The minimum Gasteiger partial charge on any atom is -0.399 e. The molecule has 0 aliphatic rings. The molecule has 0 fully saturated rings. The molecule has 2 N–H and O–H groups in total. The van der Waals surface area contributed by atoms with Gasteiger partial charge in [0.05, 0.1) is 9.92 Å². The molecule has 1 heterocycles. The lowest BCUT2D eigenvalue weighted by Gasteiger charge is -2.10. The van der Waals surface area contributed by atoms with Crippen molar-refractivity contribution in [3.05, 3.63) is 35.4 Å². The maximum absolute atomic E-state index is 12.5. The number of benzene rings is 1. The van der Waals surface area contributed by atoms with Crippen molar-refractivity contribution in [3.8, 4) is 0 Å². The van der Waals surface area contributed by atoms with Gasteiger partial charge in [-0.1, -0.05) is 25.4 Å². The first-order chi connectivity index (χ1) is 9.79. The lowest BCUT2D eigenvalue weighted by Crippen LogP contribution is -2.15. The Balaban J connectivity index is 2.32. The minimum atomic E-state index is -3.60. The summed E-state index contributed by atoms with van der Waals surface area (Å²) in [7, 11) is -3.60. The van der Waals surface area contributed by atoms with Gasteiger partial charge in [-0.25, -0.2) is 18.1 Å². The van der Waals surface area contributed by atoms with Gasteiger partial charge in [-0.2, -0.15) is 5.10 Å². The van der Waals surface area contributed by atoms with E-state index in [2.05, 4.69) is 10.1 Å². The number of aromatic nitrogens is 3. The van der Waals surface area contributed by atoms with Gasteiger partial charge in [0.25, 0.3) is 0 Å². The zero-order valence-electron chi connectivity index (χ0n) is 11.8. The van der Waals surface area contributed by atoms with Gasteiger partial charge in [0.15, 0.2) is 9.84 Å². The smallest absolute Gasteiger partial charge is 0.187 e. The van der Waals surface area contributed by atoms with Crippen LogP contribution < -0.4 is 5.73 Å². The predicted molar refractivity (Wildman–Crippen MR) is 81.6 cm³/mol. The number of sulfone groups is 1. The highest BCUT2D eigenvalue weighted by atomic mass is 35.5.